The Hall–Kier alpha value is -1.32. The number of sulfonamides is 1. The van der Waals surface area contributed by atoms with E-state index in [0.717, 1.165) is 0 Å². The molecule has 0 spiro atoms. The van der Waals surface area contributed by atoms with Crippen molar-refractivity contribution < 1.29 is 26.3 Å². The first-order valence-electron chi connectivity index (χ1n) is 9.22. The van der Waals surface area contributed by atoms with Crippen LogP contribution in [0.2, 0.25) is 0 Å². The summed E-state index contributed by atoms with van der Waals surface area (Å²) in [6, 6.07) is 3.99. The van der Waals surface area contributed by atoms with E-state index in [-0.39, 0.29) is 28.9 Å². The van der Waals surface area contributed by atoms with Crippen LogP contribution in [0.25, 0.3) is 0 Å². The predicted octanol–water partition coefficient (Wildman–Crippen LogP) is 2.32. The van der Waals surface area contributed by atoms with E-state index in [1.54, 1.807) is 6.07 Å². The maximum atomic E-state index is 13.3. The molecule has 0 saturated carbocycles. The van der Waals surface area contributed by atoms with E-state index in [4.69, 9.17) is 9.47 Å². The number of hydrogen-bond acceptors (Lipinski definition) is 6. The molecule has 1 fully saturated rings. The van der Waals surface area contributed by atoms with E-state index in [1.807, 2.05) is 27.7 Å². The van der Waals surface area contributed by atoms with E-state index in [9.17, 15) is 16.8 Å². The Kier molecular flexibility index (Phi) is 7.15. The van der Waals surface area contributed by atoms with Gasteiger partial charge in [0.15, 0.2) is 21.3 Å². The standard InChI is InChI=1S/C18H29NO6S2/c1-5-24-17-8-7-16(11-18(17)25-6-2)27(22,23)19(12-14(3)4)15-9-10-26(20,21)13-15/h7-8,11,14-15H,5-6,9-10,12-13H2,1-4H3. The van der Waals surface area contributed by atoms with Gasteiger partial charge in [-0.15, -0.1) is 0 Å². The zero-order chi connectivity index (χ0) is 20.2. The molecule has 0 aromatic heterocycles. The van der Waals surface area contributed by atoms with Crippen molar-refractivity contribution in [1.82, 2.24) is 4.31 Å². The van der Waals surface area contributed by atoms with Crippen LogP contribution in [-0.4, -0.2) is 58.4 Å². The number of benzene rings is 1. The minimum absolute atomic E-state index is 0.0231. The molecule has 1 heterocycles. The minimum atomic E-state index is -3.87. The molecular weight excluding hydrogens is 390 g/mol. The second-order valence-electron chi connectivity index (χ2n) is 7.00. The van der Waals surface area contributed by atoms with Crippen LogP contribution in [0.4, 0.5) is 0 Å². The quantitative estimate of drug-likeness (QED) is 0.610. The van der Waals surface area contributed by atoms with Crippen molar-refractivity contribution in [3.05, 3.63) is 18.2 Å². The van der Waals surface area contributed by atoms with Crippen LogP contribution in [0, 0.1) is 5.92 Å². The lowest BCUT2D eigenvalue weighted by molar-refractivity contribution is 0.286. The molecule has 0 amide bonds. The molecule has 0 bridgehead atoms. The highest BCUT2D eigenvalue weighted by Crippen LogP contribution is 2.33. The lowest BCUT2D eigenvalue weighted by Crippen LogP contribution is -2.43. The first-order valence-corrected chi connectivity index (χ1v) is 12.5. The molecule has 0 radical (unpaired) electrons. The van der Waals surface area contributed by atoms with Gasteiger partial charge in [-0.2, -0.15) is 4.31 Å². The van der Waals surface area contributed by atoms with Gasteiger partial charge in [0.25, 0.3) is 0 Å². The molecule has 0 aliphatic carbocycles. The van der Waals surface area contributed by atoms with Gasteiger partial charge in [-0.25, -0.2) is 16.8 Å². The van der Waals surface area contributed by atoms with Gasteiger partial charge in [0.1, 0.15) is 0 Å². The van der Waals surface area contributed by atoms with Crippen molar-refractivity contribution in [3.63, 3.8) is 0 Å². The normalized spacial score (nSPS) is 19.6. The Labute approximate surface area is 162 Å². The number of sulfone groups is 1. The van der Waals surface area contributed by atoms with Crippen molar-refractivity contribution in [2.45, 2.75) is 45.1 Å². The highest BCUT2D eigenvalue weighted by Gasteiger charge is 2.39. The molecule has 0 N–H and O–H groups in total. The van der Waals surface area contributed by atoms with Crippen LogP contribution in [-0.2, 0) is 19.9 Å². The summed E-state index contributed by atoms with van der Waals surface area (Å²) in [4.78, 5) is 0.0827. The molecule has 154 valence electrons. The fraction of sp³-hybridized carbons (Fsp3) is 0.667. The van der Waals surface area contributed by atoms with Crippen LogP contribution in [0.15, 0.2) is 23.1 Å². The largest absolute Gasteiger partial charge is 0.490 e. The Morgan fingerprint density at radius 3 is 2.30 bits per heavy atom. The predicted molar refractivity (Wildman–Crippen MR) is 105 cm³/mol. The molecule has 2 rings (SSSR count). The smallest absolute Gasteiger partial charge is 0.243 e. The highest BCUT2D eigenvalue weighted by molar-refractivity contribution is 7.92. The lowest BCUT2D eigenvalue weighted by atomic mass is 10.2. The summed E-state index contributed by atoms with van der Waals surface area (Å²) in [6.45, 7) is 8.55. The van der Waals surface area contributed by atoms with Gasteiger partial charge >= 0.3 is 0 Å². The van der Waals surface area contributed by atoms with Crippen LogP contribution in [0.3, 0.4) is 0 Å². The first kappa shape index (κ1) is 22.0. The fourth-order valence-corrected chi connectivity index (χ4v) is 6.79. The second kappa shape index (κ2) is 8.79. The van der Waals surface area contributed by atoms with Crippen molar-refractivity contribution >= 4 is 19.9 Å². The van der Waals surface area contributed by atoms with Crippen LogP contribution >= 0.6 is 0 Å². The lowest BCUT2D eigenvalue weighted by Gasteiger charge is -2.29. The third-order valence-electron chi connectivity index (χ3n) is 4.28. The van der Waals surface area contributed by atoms with Crippen molar-refractivity contribution in [2.24, 2.45) is 5.92 Å². The van der Waals surface area contributed by atoms with Crippen molar-refractivity contribution in [1.29, 1.82) is 0 Å². The minimum Gasteiger partial charge on any atom is -0.490 e. The summed E-state index contributed by atoms with van der Waals surface area (Å²) in [7, 11) is -7.07. The van der Waals surface area contributed by atoms with Gasteiger partial charge in [-0.1, -0.05) is 13.8 Å². The molecule has 1 aliphatic heterocycles. The van der Waals surface area contributed by atoms with Crippen LogP contribution in [0.5, 0.6) is 11.5 Å². The molecule has 1 aromatic carbocycles. The monoisotopic (exact) mass is 419 g/mol. The Morgan fingerprint density at radius 1 is 1.15 bits per heavy atom. The van der Waals surface area contributed by atoms with Crippen molar-refractivity contribution in [2.75, 3.05) is 31.3 Å². The Morgan fingerprint density at radius 2 is 1.78 bits per heavy atom. The maximum absolute atomic E-state index is 13.3. The van der Waals surface area contributed by atoms with Gasteiger partial charge in [0.05, 0.1) is 29.6 Å². The molecule has 1 aromatic rings. The fourth-order valence-electron chi connectivity index (χ4n) is 3.13. The van der Waals surface area contributed by atoms with Gasteiger partial charge in [-0.3, -0.25) is 0 Å². The summed E-state index contributed by atoms with van der Waals surface area (Å²) in [6.07, 6.45) is 0.323. The molecule has 1 aliphatic rings. The van der Waals surface area contributed by atoms with E-state index in [1.165, 1.54) is 16.4 Å². The van der Waals surface area contributed by atoms with Gasteiger partial charge in [-0.05, 0) is 38.3 Å². The van der Waals surface area contributed by atoms with E-state index in [0.29, 0.717) is 31.1 Å². The average molecular weight is 420 g/mol. The highest BCUT2D eigenvalue weighted by atomic mass is 32.2. The van der Waals surface area contributed by atoms with Gasteiger partial charge < -0.3 is 9.47 Å². The van der Waals surface area contributed by atoms with Crippen LogP contribution < -0.4 is 9.47 Å². The zero-order valence-corrected chi connectivity index (χ0v) is 18.0. The summed E-state index contributed by atoms with van der Waals surface area (Å²) >= 11 is 0. The SMILES string of the molecule is CCOc1ccc(S(=O)(=O)N(CC(C)C)C2CCS(=O)(=O)C2)cc1OCC. The van der Waals surface area contributed by atoms with Gasteiger partial charge in [0.2, 0.25) is 10.0 Å². The number of hydrogen-bond donors (Lipinski definition) is 0. The Bertz CT molecular complexity index is 849. The molecule has 1 unspecified atom stereocenters. The third-order valence-corrected chi connectivity index (χ3v) is 7.95. The molecule has 7 nitrogen and oxygen atoms in total. The molecule has 1 atom stereocenters. The molecular formula is C18H29NO6S2. The number of ether oxygens (including phenoxy) is 2. The summed E-state index contributed by atoms with van der Waals surface area (Å²) < 4.78 is 62.8. The van der Waals surface area contributed by atoms with Crippen molar-refractivity contribution in [3.8, 4) is 11.5 Å². The number of nitrogens with zero attached hydrogens (tertiary/aromatic N) is 1. The number of rotatable bonds is 9. The second-order valence-corrected chi connectivity index (χ2v) is 11.1. The maximum Gasteiger partial charge on any atom is 0.243 e. The first-order chi connectivity index (χ1) is 12.6. The summed E-state index contributed by atoms with van der Waals surface area (Å²) in [5.41, 5.74) is 0. The van der Waals surface area contributed by atoms with Crippen LogP contribution in [0.1, 0.15) is 34.1 Å². The average Bonchev–Trinajstić information content (AvgIpc) is 2.94. The van der Waals surface area contributed by atoms with E-state index >= 15 is 0 Å². The molecule has 1 saturated heterocycles. The van der Waals surface area contributed by atoms with E-state index in [2.05, 4.69) is 0 Å². The third kappa shape index (κ3) is 5.36. The molecule has 9 heteroatoms. The zero-order valence-electron chi connectivity index (χ0n) is 16.3. The Balaban J connectivity index is 2.44. The topological polar surface area (TPSA) is 90.0 Å². The van der Waals surface area contributed by atoms with E-state index < -0.39 is 25.9 Å². The summed E-state index contributed by atoms with van der Waals surface area (Å²) in [5.74, 6) is 0.807. The molecule has 27 heavy (non-hydrogen) atoms. The summed E-state index contributed by atoms with van der Waals surface area (Å²) in [5, 5.41) is 0. The van der Waals surface area contributed by atoms with Gasteiger partial charge in [0, 0.05) is 18.7 Å².